The number of rotatable bonds is 2. The predicted molar refractivity (Wildman–Crippen MR) is 82.5 cm³/mol. The lowest BCUT2D eigenvalue weighted by molar-refractivity contribution is -0.150. The summed E-state index contributed by atoms with van der Waals surface area (Å²) in [5, 5.41) is 9.45. The number of aromatic nitrogens is 1. The summed E-state index contributed by atoms with van der Waals surface area (Å²) in [7, 11) is 0. The topological polar surface area (TPSA) is 59.3 Å². The van der Waals surface area contributed by atoms with E-state index < -0.39 is 5.97 Å². The Morgan fingerprint density at radius 3 is 2.24 bits per heavy atom. The van der Waals surface area contributed by atoms with E-state index in [0.717, 1.165) is 17.8 Å². The van der Waals surface area contributed by atoms with E-state index in [4.69, 9.17) is 0 Å². The van der Waals surface area contributed by atoms with Gasteiger partial charge in [-0.05, 0) is 38.0 Å². The van der Waals surface area contributed by atoms with Crippen LogP contribution in [-0.4, -0.2) is 15.6 Å². The second-order valence-corrected chi connectivity index (χ2v) is 6.99. The summed E-state index contributed by atoms with van der Waals surface area (Å²) in [5.41, 5.74) is 1.69. The highest BCUT2D eigenvalue weighted by Gasteiger charge is 2.46. The third-order valence-electron chi connectivity index (χ3n) is 5.49. The molecular weight excluding hydrogens is 266 g/mol. The highest BCUT2D eigenvalue weighted by molar-refractivity contribution is 5.71. The molecule has 0 bridgehead atoms. The normalized spacial score (nSPS) is 28.3. The second kappa shape index (κ2) is 5.32. The minimum Gasteiger partial charge on any atom is -0.481 e. The molecule has 0 radical (unpaired) electrons. The highest BCUT2D eigenvalue weighted by atomic mass is 16.4. The Balaban J connectivity index is 2.44. The molecule has 1 aliphatic rings. The number of pyridine rings is 1. The summed E-state index contributed by atoms with van der Waals surface area (Å²) >= 11 is 0. The minimum atomic E-state index is -0.696. The summed E-state index contributed by atoms with van der Waals surface area (Å²) in [6.07, 6.45) is 1.52. The summed E-state index contributed by atoms with van der Waals surface area (Å²) in [5.74, 6) is -0.769. The maximum atomic E-state index is 11.6. The van der Waals surface area contributed by atoms with Crippen LogP contribution in [0.15, 0.2) is 16.9 Å². The summed E-state index contributed by atoms with van der Waals surface area (Å²) in [4.78, 5) is 23.1. The van der Waals surface area contributed by atoms with Gasteiger partial charge in [0, 0.05) is 29.6 Å². The van der Waals surface area contributed by atoms with Crippen LogP contribution in [-0.2, 0) is 4.79 Å². The van der Waals surface area contributed by atoms with Crippen molar-refractivity contribution in [3.05, 3.63) is 33.7 Å². The van der Waals surface area contributed by atoms with Crippen LogP contribution < -0.4 is 5.43 Å². The number of hydrogen-bond donors (Lipinski definition) is 1. The molecule has 1 aromatic rings. The molecule has 1 heterocycles. The smallest absolute Gasteiger partial charge is 0.307 e. The van der Waals surface area contributed by atoms with Crippen LogP contribution >= 0.6 is 0 Å². The van der Waals surface area contributed by atoms with Crippen molar-refractivity contribution in [1.82, 2.24) is 4.57 Å². The first-order valence-electron chi connectivity index (χ1n) is 7.59. The summed E-state index contributed by atoms with van der Waals surface area (Å²) in [6, 6.07) is 3.57. The number of hydrogen-bond acceptors (Lipinski definition) is 2. The van der Waals surface area contributed by atoms with Crippen LogP contribution in [0.4, 0.5) is 0 Å². The van der Waals surface area contributed by atoms with Crippen LogP contribution in [0.5, 0.6) is 0 Å². The van der Waals surface area contributed by atoms with Gasteiger partial charge in [0.2, 0.25) is 0 Å². The average molecular weight is 291 g/mol. The highest BCUT2D eigenvalue weighted by Crippen LogP contribution is 2.50. The van der Waals surface area contributed by atoms with Crippen LogP contribution in [0.1, 0.15) is 51.0 Å². The Kier molecular flexibility index (Phi) is 4.00. The zero-order valence-corrected chi connectivity index (χ0v) is 13.5. The van der Waals surface area contributed by atoms with E-state index in [2.05, 4.69) is 25.3 Å². The van der Waals surface area contributed by atoms with Gasteiger partial charge in [-0.3, -0.25) is 9.59 Å². The molecule has 0 aromatic carbocycles. The fourth-order valence-electron chi connectivity index (χ4n) is 3.96. The maximum Gasteiger partial charge on any atom is 0.307 e. The molecule has 0 saturated heterocycles. The number of aliphatic carboxylic acids is 1. The first-order chi connectivity index (χ1) is 9.66. The largest absolute Gasteiger partial charge is 0.481 e. The van der Waals surface area contributed by atoms with Gasteiger partial charge in [-0.1, -0.05) is 20.8 Å². The zero-order chi connectivity index (χ0) is 15.9. The molecule has 1 aliphatic carbocycles. The molecule has 4 heteroatoms. The average Bonchev–Trinajstić information content (AvgIpc) is 2.32. The Morgan fingerprint density at radius 1 is 1.24 bits per heavy atom. The lowest BCUT2D eigenvalue weighted by atomic mass is 9.61. The van der Waals surface area contributed by atoms with Crippen molar-refractivity contribution >= 4 is 5.97 Å². The Morgan fingerprint density at radius 2 is 1.76 bits per heavy atom. The van der Waals surface area contributed by atoms with Gasteiger partial charge in [0.1, 0.15) is 0 Å². The first-order valence-corrected chi connectivity index (χ1v) is 7.59. The molecule has 3 unspecified atom stereocenters. The van der Waals surface area contributed by atoms with Gasteiger partial charge in [-0.2, -0.15) is 0 Å². The second-order valence-electron chi connectivity index (χ2n) is 6.99. The standard InChI is InChI=1S/C17H25NO3/c1-10-8-13(19)9-11(2)18(10)15-7-6-14(16(20)21)17(4,5)12(15)3/h8-9,12,14-15H,6-7H2,1-5H3,(H,20,21). The fourth-order valence-corrected chi connectivity index (χ4v) is 3.96. The molecule has 0 amide bonds. The van der Waals surface area contributed by atoms with Gasteiger partial charge in [0.15, 0.2) is 5.43 Å². The Hall–Kier alpha value is -1.58. The number of aryl methyl sites for hydroxylation is 2. The van der Waals surface area contributed by atoms with Gasteiger partial charge in [-0.15, -0.1) is 0 Å². The number of carboxylic acid groups (broad SMARTS) is 1. The number of nitrogens with zero attached hydrogens (tertiary/aromatic N) is 1. The maximum absolute atomic E-state index is 11.6. The van der Waals surface area contributed by atoms with Crippen LogP contribution in [0.25, 0.3) is 0 Å². The van der Waals surface area contributed by atoms with Gasteiger partial charge >= 0.3 is 5.97 Å². The zero-order valence-electron chi connectivity index (χ0n) is 13.5. The molecule has 3 atom stereocenters. The fraction of sp³-hybridized carbons (Fsp3) is 0.647. The third kappa shape index (κ3) is 2.63. The molecule has 1 aromatic heterocycles. The molecule has 2 rings (SSSR count). The number of carboxylic acids is 1. The van der Waals surface area contributed by atoms with E-state index in [9.17, 15) is 14.7 Å². The lowest BCUT2D eigenvalue weighted by Gasteiger charge is -2.47. The Labute approximate surface area is 125 Å². The third-order valence-corrected chi connectivity index (χ3v) is 5.49. The van der Waals surface area contributed by atoms with E-state index in [1.54, 1.807) is 12.1 Å². The Bertz CT molecular complexity index is 589. The van der Waals surface area contributed by atoms with Crippen molar-refractivity contribution in [3.63, 3.8) is 0 Å². The molecule has 116 valence electrons. The van der Waals surface area contributed by atoms with Crippen molar-refractivity contribution in [3.8, 4) is 0 Å². The van der Waals surface area contributed by atoms with Crippen LogP contribution in [0, 0.1) is 31.1 Å². The van der Waals surface area contributed by atoms with Crippen molar-refractivity contribution < 1.29 is 9.90 Å². The van der Waals surface area contributed by atoms with E-state index in [1.807, 2.05) is 13.8 Å². The monoisotopic (exact) mass is 291 g/mol. The van der Waals surface area contributed by atoms with Crippen molar-refractivity contribution in [2.45, 2.75) is 53.5 Å². The van der Waals surface area contributed by atoms with Crippen molar-refractivity contribution in [1.29, 1.82) is 0 Å². The summed E-state index contributed by atoms with van der Waals surface area (Å²) < 4.78 is 2.21. The van der Waals surface area contributed by atoms with Crippen LogP contribution in [0.3, 0.4) is 0 Å². The van der Waals surface area contributed by atoms with E-state index in [0.29, 0.717) is 6.42 Å². The SMILES string of the molecule is Cc1cc(=O)cc(C)n1C1CCC(C(=O)O)C(C)(C)C1C. The lowest BCUT2D eigenvalue weighted by Crippen LogP contribution is -2.45. The van der Waals surface area contributed by atoms with Crippen molar-refractivity contribution in [2.24, 2.45) is 17.3 Å². The number of carbonyl (C=O) groups is 1. The molecular formula is C17H25NO3. The van der Waals surface area contributed by atoms with Crippen LogP contribution in [0.2, 0.25) is 0 Å². The molecule has 1 N–H and O–H groups in total. The van der Waals surface area contributed by atoms with Gasteiger partial charge in [-0.25, -0.2) is 0 Å². The predicted octanol–water partition coefficient (Wildman–Crippen LogP) is 3.16. The molecule has 1 saturated carbocycles. The molecule has 0 spiro atoms. The first kappa shape index (κ1) is 15.8. The molecule has 21 heavy (non-hydrogen) atoms. The van der Waals surface area contributed by atoms with Crippen molar-refractivity contribution in [2.75, 3.05) is 0 Å². The van der Waals surface area contributed by atoms with Gasteiger partial charge in [0.25, 0.3) is 0 Å². The summed E-state index contributed by atoms with van der Waals surface area (Å²) in [6.45, 7) is 10.1. The van der Waals surface area contributed by atoms with E-state index in [1.165, 1.54) is 0 Å². The molecule has 4 nitrogen and oxygen atoms in total. The molecule has 1 fully saturated rings. The van der Waals surface area contributed by atoms with E-state index >= 15 is 0 Å². The van der Waals surface area contributed by atoms with E-state index in [-0.39, 0.29) is 28.7 Å². The van der Waals surface area contributed by atoms with Gasteiger partial charge in [0.05, 0.1) is 5.92 Å². The quantitative estimate of drug-likeness (QED) is 0.910. The van der Waals surface area contributed by atoms with Gasteiger partial charge < -0.3 is 9.67 Å². The molecule has 0 aliphatic heterocycles. The minimum absolute atomic E-state index is 0.0346.